The van der Waals surface area contributed by atoms with Gasteiger partial charge in [0.05, 0.1) is 17.8 Å². The van der Waals surface area contributed by atoms with E-state index in [1.54, 1.807) is 0 Å². The SMILES string of the molecule is Cc1cc(-c2cnn3c2CCC3)ccc1C#N. The molecule has 0 fully saturated rings. The minimum atomic E-state index is 0.748. The predicted molar refractivity (Wildman–Crippen MR) is 65.4 cm³/mol. The van der Waals surface area contributed by atoms with E-state index in [1.807, 2.05) is 25.3 Å². The number of rotatable bonds is 1. The van der Waals surface area contributed by atoms with Crippen molar-refractivity contribution in [2.45, 2.75) is 26.3 Å². The van der Waals surface area contributed by atoms with Crippen LogP contribution in [0.2, 0.25) is 0 Å². The number of nitrogens with zero attached hydrogens (tertiary/aromatic N) is 3. The molecule has 84 valence electrons. The van der Waals surface area contributed by atoms with Gasteiger partial charge in [-0.1, -0.05) is 6.07 Å². The van der Waals surface area contributed by atoms with E-state index < -0.39 is 0 Å². The smallest absolute Gasteiger partial charge is 0.0994 e. The van der Waals surface area contributed by atoms with Crippen LogP contribution in [0.3, 0.4) is 0 Å². The number of aromatic nitrogens is 2. The van der Waals surface area contributed by atoms with Gasteiger partial charge in [-0.3, -0.25) is 4.68 Å². The van der Waals surface area contributed by atoms with Crippen LogP contribution in [0.4, 0.5) is 0 Å². The van der Waals surface area contributed by atoms with Crippen LogP contribution in [0.1, 0.15) is 23.2 Å². The summed E-state index contributed by atoms with van der Waals surface area (Å²) in [4.78, 5) is 0. The fourth-order valence-electron chi connectivity index (χ4n) is 2.46. The van der Waals surface area contributed by atoms with Crippen LogP contribution in [0.15, 0.2) is 24.4 Å². The van der Waals surface area contributed by atoms with E-state index in [1.165, 1.54) is 23.2 Å². The van der Waals surface area contributed by atoms with E-state index in [0.717, 1.165) is 24.1 Å². The molecule has 0 bridgehead atoms. The number of aryl methyl sites for hydroxylation is 2. The van der Waals surface area contributed by atoms with Crippen molar-refractivity contribution in [3.8, 4) is 17.2 Å². The molecule has 0 aliphatic carbocycles. The molecule has 1 aromatic heterocycles. The monoisotopic (exact) mass is 223 g/mol. The van der Waals surface area contributed by atoms with Crippen molar-refractivity contribution in [1.82, 2.24) is 9.78 Å². The molecule has 0 radical (unpaired) electrons. The molecule has 3 rings (SSSR count). The minimum absolute atomic E-state index is 0.748. The van der Waals surface area contributed by atoms with Gasteiger partial charge < -0.3 is 0 Å². The van der Waals surface area contributed by atoms with Gasteiger partial charge in [-0.05, 0) is 43.0 Å². The highest BCUT2D eigenvalue weighted by molar-refractivity contribution is 5.67. The van der Waals surface area contributed by atoms with Crippen LogP contribution in [-0.2, 0) is 13.0 Å². The maximum absolute atomic E-state index is 8.93. The van der Waals surface area contributed by atoms with Crippen LogP contribution in [-0.4, -0.2) is 9.78 Å². The van der Waals surface area contributed by atoms with Crippen LogP contribution < -0.4 is 0 Å². The molecule has 17 heavy (non-hydrogen) atoms. The number of hydrogen-bond acceptors (Lipinski definition) is 2. The van der Waals surface area contributed by atoms with E-state index >= 15 is 0 Å². The summed E-state index contributed by atoms with van der Waals surface area (Å²) in [6.07, 6.45) is 4.23. The highest BCUT2D eigenvalue weighted by atomic mass is 15.3. The standard InChI is InChI=1S/C14H13N3/c1-10-7-11(4-5-12(10)8-15)13-9-16-17-6-2-3-14(13)17/h4-5,7,9H,2-3,6H2,1H3. The molecule has 1 aliphatic heterocycles. The van der Waals surface area contributed by atoms with Crippen LogP contribution >= 0.6 is 0 Å². The lowest BCUT2D eigenvalue weighted by Gasteiger charge is -2.03. The molecular weight excluding hydrogens is 210 g/mol. The first-order chi connectivity index (χ1) is 8.29. The molecule has 0 saturated carbocycles. The lowest BCUT2D eigenvalue weighted by molar-refractivity contribution is 0.656. The second kappa shape index (κ2) is 3.74. The Morgan fingerprint density at radius 3 is 3.06 bits per heavy atom. The Morgan fingerprint density at radius 1 is 1.41 bits per heavy atom. The Kier molecular flexibility index (Phi) is 2.22. The van der Waals surface area contributed by atoms with E-state index in [9.17, 15) is 0 Å². The number of hydrogen-bond donors (Lipinski definition) is 0. The first-order valence-corrected chi connectivity index (χ1v) is 5.85. The molecule has 2 aromatic rings. The maximum atomic E-state index is 8.93. The van der Waals surface area contributed by atoms with Gasteiger partial charge in [0.1, 0.15) is 0 Å². The van der Waals surface area contributed by atoms with Crippen molar-refractivity contribution in [3.63, 3.8) is 0 Å². The molecule has 0 saturated heterocycles. The number of benzene rings is 1. The van der Waals surface area contributed by atoms with Crippen LogP contribution in [0, 0.1) is 18.3 Å². The first kappa shape index (κ1) is 10.1. The average Bonchev–Trinajstić information content (AvgIpc) is 2.90. The summed E-state index contributed by atoms with van der Waals surface area (Å²) in [7, 11) is 0. The highest BCUT2D eigenvalue weighted by Gasteiger charge is 2.17. The highest BCUT2D eigenvalue weighted by Crippen LogP contribution is 2.29. The van der Waals surface area contributed by atoms with Gasteiger partial charge in [-0.15, -0.1) is 0 Å². The lowest BCUT2D eigenvalue weighted by atomic mass is 10.00. The number of fused-ring (bicyclic) bond motifs is 1. The molecule has 3 heteroatoms. The molecule has 1 aliphatic rings. The van der Waals surface area contributed by atoms with Gasteiger partial charge in [-0.2, -0.15) is 10.4 Å². The van der Waals surface area contributed by atoms with Crippen LogP contribution in [0.5, 0.6) is 0 Å². The fourth-order valence-corrected chi connectivity index (χ4v) is 2.46. The summed E-state index contributed by atoms with van der Waals surface area (Å²) < 4.78 is 2.09. The number of nitriles is 1. The molecule has 0 unspecified atom stereocenters. The molecule has 0 N–H and O–H groups in total. The maximum Gasteiger partial charge on any atom is 0.0994 e. The average molecular weight is 223 g/mol. The Hall–Kier alpha value is -2.08. The third-order valence-electron chi connectivity index (χ3n) is 3.39. The largest absolute Gasteiger partial charge is 0.269 e. The second-order valence-corrected chi connectivity index (χ2v) is 4.47. The first-order valence-electron chi connectivity index (χ1n) is 5.85. The summed E-state index contributed by atoms with van der Waals surface area (Å²) >= 11 is 0. The third kappa shape index (κ3) is 1.53. The molecule has 2 heterocycles. The van der Waals surface area contributed by atoms with Crippen molar-refractivity contribution < 1.29 is 0 Å². The Bertz CT molecular complexity index is 617. The van der Waals surface area contributed by atoms with Crippen LogP contribution in [0.25, 0.3) is 11.1 Å². The molecular formula is C14H13N3. The topological polar surface area (TPSA) is 41.6 Å². The summed E-state index contributed by atoms with van der Waals surface area (Å²) in [5.41, 5.74) is 5.49. The fraction of sp³-hybridized carbons (Fsp3) is 0.286. The van der Waals surface area contributed by atoms with E-state index in [2.05, 4.69) is 21.9 Å². The Morgan fingerprint density at radius 2 is 2.29 bits per heavy atom. The molecule has 0 spiro atoms. The third-order valence-corrected chi connectivity index (χ3v) is 3.39. The summed E-state index contributed by atoms with van der Waals surface area (Å²) in [6, 6.07) is 8.19. The van der Waals surface area contributed by atoms with E-state index in [-0.39, 0.29) is 0 Å². The summed E-state index contributed by atoms with van der Waals surface area (Å²) in [5.74, 6) is 0. The molecule has 0 atom stereocenters. The van der Waals surface area contributed by atoms with E-state index in [4.69, 9.17) is 5.26 Å². The van der Waals surface area contributed by atoms with Gasteiger partial charge in [0, 0.05) is 17.8 Å². The van der Waals surface area contributed by atoms with Crippen molar-refractivity contribution in [2.24, 2.45) is 0 Å². The van der Waals surface area contributed by atoms with Gasteiger partial charge in [-0.25, -0.2) is 0 Å². The van der Waals surface area contributed by atoms with Gasteiger partial charge in [0.25, 0.3) is 0 Å². The zero-order valence-corrected chi connectivity index (χ0v) is 9.77. The summed E-state index contributed by atoms with van der Waals surface area (Å²) in [5, 5.41) is 13.3. The minimum Gasteiger partial charge on any atom is -0.269 e. The van der Waals surface area contributed by atoms with Crippen molar-refractivity contribution in [3.05, 3.63) is 41.2 Å². The Balaban J connectivity index is 2.10. The molecule has 3 nitrogen and oxygen atoms in total. The van der Waals surface area contributed by atoms with Gasteiger partial charge >= 0.3 is 0 Å². The van der Waals surface area contributed by atoms with Gasteiger partial charge in [0.2, 0.25) is 0 Å². The van der Waals surface area contributed by atoms with E-state index in [0.29, 0.717) is 0 Å². The second-order valence-electron chi connectivity index (χ2n) is 4.47. The zero-order valence-electron chi connectivity index (χ0n) is 9.77. The van der Waals surface area contributed by atoms with Crippen molar-refractivity contribution in [1.29, 1.82) is 5.26 Å². The quantitative estimate of drug-likeness (QED) is 0.745. The molecule has 1 aromatic carbocycles. The van der Waals surface area contributed by atoms with Crippen molar-refractivity contribution >= 4 is 0 Å². The Labute approximate surface area is 100 Å². The summed E-state index contributed by atoms with van der Waals surface area (Å²) in [6.45, 7) is 3.01. The zero-order chi connectivity index (χ0) is 11.8. The lowest BCUT2D eigenvalue weighted by Crippen LogP contribution is -1.93. The van der Waals surface area contributed by atoms with Crippen molar-refractivity contribution in [2.75, 3.05) is 0 Å². The predicted octanol–water partition coefficient (Wildman–Crippen LogP) is 2.68. The normalized spacial score (nSPS) is 13.4. The van der Waals surface area contributed by atoms with Gasteiger partial charge in [0.15, 0.2) is 0 Å². The molecule has 0 amide bonds.